The molecule has 1 fully saturated rings. The normalized spacial score (nSPS) is 26.3. The maximum Gasteiger partial charge on any atom is 0.243 e. The monoisotopic (exact) mass is 241 g/mol. The topological polar surface area (TPSA) is 80.4 Å². The molecular formula is C11H19N3O3. The Morgan fingerprint density at radius 2 is 2.41 bits per heavy atom. The van der Waals surface area contributed by atoms with Crippen molar-refractivity contribution in [3.05, 3.63) is 11.7 Å². The highest BCUT2D eigenvalue weighted by molar-refractivity contribution is 4.99. The molecule has 2 heterocycles. The van der Waals surface area contributed by atoms with Gasteiger partial charge in [0.05, 0.1) is 12.1 Å². The summed E-state index contributed by atoms with van der Waals surface area (Å²) in [5.41, 5.74) is 0. The first-order valence-electron chi connectivity index (χ1n) is 6.11. The summed E-state index contributed by atoms with van der Waals surface area (Å²) in [5, 5.41) is 16.5. The highest BCUT2D eigenvalue weighted by Gasteiger charge is 2.29. The predicted octanol–water partition coefficient (Wildman–Crippen LogP) is 0.952. The van der Waals surface area contributed by atoms with Crippen molar-refractivity contribution in [3.8, 4) is 0 Å². The van der Waals surface area contributed by atoms with E-state index < -0.39 is 0 Å². The lowest BCUT2D eigenvalue weighted by Gasteiger charge is -2.09. The van der Waals surface area contributed by atoms with Crippen molar-refractivity contribution in [3.63, 3.8) is 0 Å². The number of ether oxygens (including phenoxy) is 1. The van der Waals surface area contributed by atoms with E-state index in [1.165, 1.54) is 0 Å². The summed E-state index contributed by atoms with van der Waals surface area (Å²) in [4.78, 5) is 4.34. The Morgan fingerprint density at radius 1 is 1.59 bits per heavy atom. The molecule has 1 unspecified atom stereocenters. The molecule has 96 valence electrons. The molecule has 17 heavy (non-hydrogen) atoms. The van der Waals surface area contributed by atoms with Crippen LogP contribution in [0.3, 0.4) is 0 Å². The van der Waals surface area contributed by atoms with Crippen molar-refractivity contribution in [2.75, 3.05) is 13.2 Å². The summed E-state index contributed by atoms with van der Waals surface area (Å²) in [6.07, 6.45) is 0.994. The van der Waals surface area contributed by atoms with Crippen LogP contribution in [0.15, 0.2) is 4.52 Å². The molecule has 0 radical (unpaired) electrons. The van der Waals surface area contributed by atoms with Gasteiger partial charge in [-0.1, -0.05) is 12.1 Å². The van der Waals surface area contributed by atoms with E-state index in [9.17, 15) is 5.11 Å². The van der Waals surface area contributed by atoms with E-state index in [0.717, 1.165) is 6.42 Å². The van der Waals surface area contributed by atoms with Gasteiger partial charge in [0.25, 0.3) is 0 Å². The molecular weight excluding hydrogens is 222 g/mol. The Morgan fingerprint density at radius 3 is 3.00 bits per heavy atom. The fourth-order valence-corrected chi connectivity index (χ4v) is 2.00. The number of aliphatic hydroxyl groups is 1. The van der Waals surface area contributed by atoms with Crippen molar-refractivity contribution in [2.45, 2.75) is 44.9 Å². The Bertz CT molecular complexity index is 337. The SMILES string of the molecule is CCOC(CC)c1noc([C@@H]2C[C@H](O)CN2)n1. The van der Waals surface area contributed by atoms with E-state index in [0.29, 0.717) is 31.3 Å². The Labute approximate surface area is 100 Å². The standard InChI is InChI=1S/C11H19N3O3/c1-3-9(16-4-2)10-13-11(17-14-10)8-5-7(15)6-12-8/h7-9,12,15H,3-6H2,1-2H3/t7-,8-,9?/m0/s1. The molecule has 3 atom stereocenters. The summed E-state index contributed by atoms with van der Waals surface area (Å²) in [5.74, 6) is 1.13. The summed E-state index contributed by atoms with van der Waals surface area (Å²) >= 11 is 0. The number of hydrogen-bond acceptors (Lipinski definition) is 6. The molecule has 1 aliphatic heterocycles. The molecule has 0 aromatic carbocycles. The summed E-state index contributed by atoms with van der Waals surface area (Å²) in [7, 11) is 0. The van der Waals surface area contributed by atoms with Crippen LogP contribution in [0.25, 0.3) is 0 Å². The zero-order valence-electron chi connectivity index (χ0n) is 10.2. The minimum Gasteiger partial charge on any atom is -0.392 e. The van der Waals surface area contributed by atoms with Crippen LogP contribution in [0, 0.1) is 0 Å². The smallest absolute Gasteiger partial charge is 0.243 e. The lowest BCUT2D eigenvalue weighted by atomic mass is 10.2. The van der Waals surface area contributed by atoms with Crippen molar-refractivity contribution in [1.29, 1.82) is 0 Å². The fourth-order valence-electron chi connectivity index (χ4n) is 2.00. The summed E-state index contributed by atoms with van der Waals surface area (Å²) in [6, 6.07) is -0.0367. The summed E-state index contributed by atoms with van der Waals surface area (Å²) in [6.45, 7) is 5.17. The molecule has 1 aliphatic rings. The lowest BCUT2D eigenvalue weighted by molar-refractivity contribution is 0.0518. The number of nitrogens with one attached hydrogen (secondary N) is 1. The van der Waals surface area contributed by atoms with E-state index in [1.54, 1.807) is 0 Å². The van der Waals surface area contributed by atoms with Crippen molar-refractivity contribution >= 4 is 0 Å². The average Bonchev–Trinajstić information content (AvgIpc) is 2.94. The van der Waals surface area contributed by atoms with Crippen molar-refractivity contribution < 1.29 is 14.4 Å². The van der Waals surface area contributed by atoms with E-state index >= 15 is 0 Å². The van der Waals surface area contributed by atoms with E-state index in [-0.39, 0.29) is 18.2 Å². The van der Waals surface area contributed by atoms with Crippen LogP contribution in [-0.2, 0) is 4.74 Å². The number of β-amino-alcohol motifs (C(OH)–C–C–N with tert-alkyl or cyclic N) is 1. The predicted molar refractivity (Wildman–Crippen MR) is 60.3 cm³/mol. The van der Waals surface area contributed by atoms with E-state index in [2.05, 4.69) is 15.5 Å². The van der Waals surface area contributed by atoms with Crippen LogP contribution in [0.5, 0.6) is 0 Å². The number of aliphatic hydroxyl groups excluding tert-OH is 1. The van der Waals surface area contributed by atoms with Gasteiger partial charge in [0.2, 0.25) is 11.7 Å². The quantitative estimate of drug-likeness (QED) is 0.799. The molecule has 2 rings (SSSR count). The van der Waals surface area contributed by atoms with Gasteiger partial charge < -0.3 is 19.7 Å². The molecule has 0 aliphatic carbocycles. The first-order chi connectivity index (χ1) is 8.24. The third kappa shape index (κ3) is 2.83. The second-order valence-electron chi connectivity index (χ2n) is 4.19. The average molecular weight is 241 g/mol. The molecule has 0 amide bonds. The Hall–Kier alpha value is -0.980. The van der Waals surface area contributed by atoms with Gasteiger partial charge in [-0.3, -0.25) is 0 Å². The minimum atomic E-state index is -0.329. The zero-order chi connectivity index (χ0) is 12.3. The van der Waals surface area contributed by atoms with Crippen LogP contribution >= 0.6 is 0 Å². The number of rotatable bonds is 5. The molecule has 1 aromatic rings. The fraction of sp³-hybridized carbons (Fsp3) is 0.818. The molecule has 2 N–H and O–H groups in total. The van der Waals surface area contributed by atoms with Crippen LogP contribution < -0.4 is 5.32 Å². The third-order valence-electron chi connectivity index (χ3n) is 2.89. The molecule has 6 heteroatoms. The van der Waals surface area contributed by atoms with Gasteiger partial charge in [0, 0.05) is 13.2 Å². The Balaban J connectivity index is 2.04. The van der Waals surface area contributed by atoms with Crippen LogP contribution in [0.1, 0.15) is 50.6 Å². The second-order valence-corrected chi connectivity index (χ2v) is 4.19. The molecule has 1 saturated heterocycles. The molecule has 6 nitrogen and oxygen atoms in total. The molecule has 1 aromatic heterocycles. The van der Waals surface area contributed by atoms with Gasteiger partial charge in [-0.05, 0) is 19.8 Å². The van der Waals surface area contributed by atoms with Gasteiger partial charge in [-0.15, -0.1) is 0 Å². The van der Waals surface area contributed by atoms with Gasteiger partial charge >= 0.3 is 0 Å². The van der Waals surface area contributed by atoms with Crippen molar-refractivity contribution in [2.24, 2.45) is 0 Å². The minimum absolute atomic E-state index is 0.0367. The van der Waals surface area contributed by atoms with Gasteiger partial charge in [0.1, 0.15) is 6.10 Å². The molecule has 0 spiro atoms. The Kier molecular flexibility index (Phi) is 4.09. The largest absolute Gasteiger partial charge is 0.392 e. The number of hydrogen-bond donors (Lipinski definition) is 2. The first kappa shape index (κ1) is 12.5. The molecule has 0 saturated carbocycles. The van der Waals surface area contributed by atoms with E-state index in [1.807, 2.05) is 13.8 Å². The second kappa shape index (κ2) is 5.57. The van der Waals surface area contributed by atoms with Crippen LogP contribution in [0.2, 0.25) is 0 Å². The van der Waals surface area contributed by atoms with Crippen molar-refractivity contribution in [1.82, 2.24) is 15.5 Å². The van der Waals surface area contributed by atoms with Gasteiger partial charge in [-0.25, -0.2) is 0 Å². The third-order valence-corrected chi connectivity index (χ3v) is 2.89. The molecule has 0 bridgehead atoms. The van der Waals surface area contributed by atoms with Crippen LogP contribution in [-0.4, -0.2) is 34.5 Å². The number of aromatic nitrogens is 2. The number of nitrogens with zero attached hydrogens (tertiary/aromatic N) is 2. The highest BCUT2D eigenvalue weighted by Crippen LogP contribution is 2.24. The zero-order valence-corrected chi connectivity index (χ0v) is 10.2. The van der Waals surface area contributed by atoms with Gasteiger partial charge in [-0.2, -0.15) is 4.98 Å². The van der Waals surface area contributed by atoms with Gasteiger partial charge in [0.15, 0.2) is 0 Å². The summed E-state index contributed by atoms with van der Waals surface area (Å²) < 4.78 is 10.7. The highest BCUT2D eigenvalue weighted by atomic mass is 16.5. The lowest BCUT2D eigenvalue weighted by Crippen LogP contribution is -2.15. The van der Waals surface area contributed by atoms with Crippen LogP contribution in [0.4, 0.5) is 0 Å². The first-order valence-corrected chi connectivity index (χ1v) is 6.11. The van der Waals surface area contributed by atoms with E-state index in [4.69, 9.17) is 9.26 Å². The maximum absolute atomic E-state index is 9.43. The maximum atomic E-state index is 9.43.